The van der Waals surface area contributed by atoms with Gasteiger partial charge in [-0.2, -0.15) is 0 Å². The summed E-state index contributed by atoms with van der Waals surface area (Å²) in [7, 11) is 0. The van der Waals surface area contributed by atoms with E-state index >= 15 is 0 Å². The molecular weight excluding hydrogens is 341 g/mol. The monoisotopic (exact) mass is 355 g/mol. The zero-order valence-corrected chi connectivity index (χ0v) is 13.6. The third kappa shape index (κ3) is 3.46. The van der Waals surface area contributed by atoms with E-state index in [2.05, 4.69) is 21.2 Å². The molecule has 1 amide bonds. The Morgan fingerprint density at radius 2 is 1.90 bits per heavy atom. The lowest BCUT2D eigenvalue weighted by molar-refractivity contribution is 0.0929. The second kappa shape index (κ2) is 6.50. The molecule has 0 fully saturated rings. The number of carbonyl (C=O) groups is 1. The molecule has 0 aliphatic carbocycles. The van der Waals surface area contributed by atoms with Crippen LogP contribution in [0.1, 0.15) is 35.1 Å². The number of hydrogen-bond acceptors (Lipinski definition) is 2. The standard InChI is InChI=1S/C15H15BrFNOS/c1-9(2)13(10-3-5-11(17)6-4-10)18-15(19)14-12(16)7-8-20-14/h3-9,13H,1-2H3,(H,18,19). The van der Waals surface area contributed by atoms with Crippen LogP contribution in [0.25, 0.3) is 0 Å². The van der Waals surface area contributed by atoms with E-state index in [9.17, 15) is 9.18 Å². The highest BCUT2D eigenvalue weighted by Crippen LogP contribution is 2.26. The third-order valence-electron chi connectivity index (χ3n) is 3.01. The average molecular weight is 356 g/mol. The van der Waals surface area contributed by atoms with Crippen molar-refractivity contribution < 1.29 is 9.18 Å². The topological polar surface area (TPSA) is 29.1 Å². The number of thiophene rings is 1. The van der Waals surface area contributed by atoms with Crippen LogP contribution in [0.3, 0.4) is 0 Å². The lowest BCUT2D eigenvalue weighted by Crippen LogP contribution is -2.31. The quantitative estimate of drug-likeness (QED) is 0.840. The summed E-state index contributed by atoms with van der Waals surface area (Å²) in [5.41, 5.74) is 0.905. The molecule has 0 aliphatic rings. The van der Waals surface area contributed by atoms with Crippen LogP contribution in [0.15, 0.2) is 40.2 Å². The second-order valence-corrected chi connectivity index (χ2v) is 6.61. The van der Waals surface area contributed by atoms with Gasteiger partial charge in [0.25, 0.3) is 5.91 Å². The van der Waals surface area contributed by atoms with Crippen LogP contribution in [0, 0.1) is 11.7 Å². The molecule has 1 unspecified atom stereocenters. The summed E-state index contributed by atoms with van der Waals surface area (Å²) in [6, 6.07) is 7.96. The molecule has 1 atom stereocenters. The van der Waals surface area contributed by atoms with Gasteiger partial charge in [0.1, 0.15) is 10.7 Å². The van der Waals surface area contributed by atoms with Crippen LogP contribution in [0.5, 0.6) is 0 Å². The Bertz CT molecular complexity index is 594. The van der Waals surface area contributed by atoms with Gasteiger partial charge >= 0.3 is 0 Å². The molecule has 1 N–H and O–H groups in total. The molecule has 0 saturated carbocycles. The second-order valence-electron chi connectivity index (χ2n) is 4.84. The van der Waals surface area contributed by atoms with E-state index in [0.717, 1.165) is 10.0 Å². The molecule has 2 nitrogen and oxygen atoms in total. The van der Waals surface area contributed by atoms with Crippen molar-refractivity contribution in [2.45, 2.75) is 19.9 Å². The maximum atomic E-state index is 13.0. The van der Waals surface area contributed by atoms with Crippen LogP contribution >= 0.6 is 27.3 Å². The minimum absolute atomic E-state index is 0.116. The molecule has 5 heteroatoms. The maximum absolute atomic E-state index is 13.0. The first-order chi connectivity index (χ1) is 9.49. The van der Waals surface area contributed by atoms with Gasteiger partial charge in [-0.3, -0.25) is 4.79 Å². The number of halogens is 2. The van der Waals surface area contributed by atoms with Gasteiger partial charge in [-0.15, -0.1) is 11.3 Å². The summed E-state index contributed by atoms with van der Waals surface area (Å²) >= 11 is 4.75. The Balaban J connectivity index is 2.20. The molecule has 1 aromatic carbocycles. The predicted molar refractivity (Wildman–Crippen MR) is 83.5 cm³/mol. The minimum Gasteiger partial charge on any atom is -0.344 e. The first kappa shape index (κ1) is 15.2. The van der Waals surface area contributed by atoms with Gasteiger partial charge in [-0.25, -0.2) is 4.39 Å². The van der Waals surface area contributed by atoms with Crippen molar-refractivity contribution in [3.8, 4) is 0 Å². The zero-order valence-electron chi connectivity index (χ0n) is 11.2. The van der Waals surface area contributed by atoms with Crippen molar-refractivity contribution in [2.75, 3.05) is 0 Å². The highest BCUT2D eigenvalue weighted by molar-refractivity contribution is 9.10. The number of carbonyl (C=O) groups excluding carboxylic acids is 1. The smallest absolute Gasteiger partial charge is 0.263 e. The number of amides is 1. The molecule has 1 heterocycles. The van der Waals surface area contributed by atoms with Crippen LogP contribution in [-0.2, 0) is 0 Å². The van der Waals surface area contributed by atoms with Crippen molar-refractivity contribution in [1.29, 1.82) is 0 Å². The number of hydrogen-bond donors (Lipinski definition) is 1. The van der Waals surface area contributed by atoms with Crippen molar-refractivity contribution in [3.05, 3.63) is 56.4 Å². The van der Waals surface area contributed by atoms with E-state index in [4.69, 9.17) is 0 Å². The first-order valence-electron chi connectivity index (χ1n) is 6.28. The normalized spacial score (nSPS) is 12.4. The van der Waals surface area contributed by atoms with Crippen LogP contribution in [0.4, 0.5) is 4.39 Å². The summed E-state index contributed by atoms with van der Waals surface area (Å²) in [5, 5.41) is 4.88. The molecule has 0 radical (unpaired) electrons. The molecule has 2 aromatic rings. The van der Waals surface area contributed by atoms with Gasteiger partial charge in [0.15, 0.2) is 0 Å². The lowest BCUT2D eigenvalue weighted by Gasteiger charge is -2.22. The molecule has 106 valence electrons. The molecule has 0 spiro atoms. The Labute approximate surface area is 130 Å². The average Bonchev–Trinajstić information content (AvgIpc) is 2.83. The van der Waals surface area contributed by atoms with E-state index in [0.29, 0.717) is 4.88 Å². The third-order valence-corrected chi connectivity index (χ3v) is 4.84. The molecule has 0 saturated heterocycles. The van der Waals surface area contributed by atoms with Crippen LogP contribution in [0.2, 0.25) is 0 Å². The van der Waals surface area contributed by atoms with Gasteiger partial charge in [0.2, 0.25) is 0 Å². The van der Waals surface area contributed by atoms with Crippen molar-refractivity contribution in [1.82, 2.24) is 5.32 Å². The lowest BCUT2D eigenvalue weighted by atomic mass is 9.96. The van der Waals surface area contributed by atoms with Gasteiger partial charge in [-0.05, 0) is 51.0 Å². The van der Waals surface area contributed by atoms with E-state index < -0.39 is 0 Å². The predicted octanol–water partition coefficient (Wildman–Crippen LogP) is 4.78. The Morgan fingerprint density at radius 1 is 1.25 bits per heavy atom. The molecule has 0 aliphatic heterocycles. The van der Waals surface area contributed by atoms with Crippen molar-refractivity contribution in [3.63, 3.8) is 0 Å². The molecular formula is C15H15BrFNOS. The molecule has 2 rings (SSSR count). The van der Waals surface area contributed by atoms with Crippen LogP contribution < -0.4 is 5.32 Å². The van der Waals surface area contributed by atoms with Gasteiger partial charge < -0.3 is 5.32 Å². The SMILES string of the molecule is CC(C)C(NC(=O)c1sccc1Br)c1ccc(F)cc1. The highest BCUT2D eigenvalue weighted by Gasteiger charge is 2.21. The minimum atomic E-state index is -0.274. The largest absolute Gasteiger partial charge is 0.344 e. The Hall–Kier alpha value is -1.20. The fraction of sp³-hybridized carbons (Fsp3) is 0.267. The molecule has 0 bridgehead atoms. The Kier molecular flexibility index (Phi) is 4.94. The van der Waals surface area contributed by atoms with Crippen molar-refractivity contribution >= 4 is 33.2 Å². The summed E-state index contributed by atoms with van der Waals surface area (Å²) in [6.45, 7) is 4.05. The van der Waals surface area contributed by atoms with Gasteiger partial charge in [0.05, 0.1) is 6.04 Å². The first-order valence-corrected chi connectivity index (χ1v) is 7.95. The fourth-order valence-corrected chi connectivity index (χ4v) is 3.42. The Morgan fingerprint density at radius 3 is 2.40 bits per heavy atom. The number of nitrogens with one attached hydrogen (secondary N) is 1. The number of rotatable bonds is 4. The van der Waals surface area contributed by atoms with Crippen LogP contribution in [-0.4, -0.2) is 5.91 Å². The van der Waals surface area contributed by atoms with Crippen molar-refractivity contribution in [2.24, 2.45) is 5.92 Å². The van der Waals surface area contributed by atoms with E-state index in [1.807, 2.05) is 25.3 Å². The maximum Gasteiger partial charge on any atom is 0.263 e. The van der Waals surface area contributed by atoms with Gasteiger partial charge in [0, 0.05) is 4.47 Å². The number of benzene rings is 1. The summed E-state index contributed by atoms with van der Waals surface area (Å²) in [6.07, 6.45) is 0. The van der Waals surface area contributed by atoms with E-state index in [-0.39, 0.29) is 23.7 Å². The molecule has 1 aromatic heterocycles. The van der Waals surface area contributed by atoms with E-state index in [1.54, 1.807) is 12.1 Å². The van der Waals surface area contributed by atoms with Gasteiger partial charge in [-0.1, -0.05) is 26.0 Å². The summed E-state index contributed by atoms with van der Waals surface area (Å²) < 4.78 is 13.8. The fourth-order valence-electron chi connectivity index (χ4n) is 1.97. The highest BCUT2D eigenvalue weighted by atomic mass is 79.9. The zero-order chi connectivity index (χ0) is 14.7. The van der Waals surface area contributed by atoms with E-state index in [1.165, 1.54) is 23.5 Å². The summed E-state index contributed by atoms with van der Waals surface area (Å²) in [4.78, 5) is 12.9. The summed E-state index contributed by atoms with van der Waals surface area (Å²) in [5.74, 6) is -0.179. The molecule has 20 heavy (non-hydrogen) atoms.